The third-order valence-electron chi connectivity index (χ3n) is 4.27. The van der Waals surface area contributed by atoms with E-state index < -0.39 is 0 Å². The molecule has 25 heavy (non-hydrogen) atoms. The van der Waals surface area contributed by atoms with E-state index in [4.69, 9.17) is 14.2 Å². The van der Waals surface area contributed by atoms with Gasteiger partial charge in [0.1, 0.15) is 11.9 Å². The molecule has 0 unspecified atom stereocenters. The Kier molecular flexibility index (Phi) is 6.04. The number of nitrogens with one attached hydrogen (secondary N) is 1. The maximum Gasteiger partial charge on any atom is 0.255 e. The lowest BCUT2D eigenvalue weighted by Gasteiger charge is -2.18. The van der Waals surface area contributed by atoms with Crippen molar-refractivity contribution in [3.05, 3.63) is 65.7 Å². The molecular formula is C20H23NO4. The van der Waals surface area contributed by atoms with Crippen molar-refractivity contribution in [3.63, 3.8) is 0 Å². The van der Waals surface area contributed by atoms with Gasteiger partial charge in [0.25, 0.3) is 5.91 Å². The number of amides is 1. The summed E-state index contributed by atoms with van der Waals surface area (Å²) in [6.45, 7) is 1.47. The summed E-state index contributed by atoms with van der Waals surface area (Å²) >= 11 is 0. The summed E-state index contributed by atoms with van der Waals surface area (Å²) < 4.78 is 16.6. The van der Waals surface area contributed by atoms with Gasteiger partial charge >= 0.3 is 0 Å². The first-order valence-electron chi connectivity index (χ1n) is 8.45. The largest absolute Gasteiger partial charge is 0.492 e. The first-order valence-corrected chi connectivity index (χ1v) is 8.45. The van der Waals surface area contributed by atoms with Gasteiger partial charge in [0.15, 0.2) is 0 Å². The molecule has 2 aromatic rings. The third-order valence-corrected chi connectivity index (χ3v) is 4.27. The van der Waals surface area contributed by atoms with Gasteiger partial charge in [-0.3, -0.25) is 4.79 Å². The molecule has 5 heteroatoms. The number of hydrogen-bond donors (Lipinski definition) is 1. The first kappa shape index (κ1) is 17.5. The Hall–Kier alpha value is -2.37. The summed E-state index contributed by atoms with van der Waals surface area (Å²) in [7, 11) is 1.62. The Balaban J connectivity index is 1.61. The Morgan fingerprint density at radius 2 is 1.88 bits per heavy atom. The highest BCUT2D eigenvalue weighted by molar-refractivity contribution is 5.97. The second kappa shape index (κ2) is 8.65. The van der Waals surface area contributed by atoms with E-state index in [-0.39, 0.29) is 18.1 Å². The van der Waals surface area contributed by atoms with Gasteiger partial charge in [0, 0.05) is 13.5 Å². The molecule has 2 atom stereocenters. The summed E-state index contributed by atoms with van der Waals surface area (Å²) in [6.07, 6.45) is 0.675. The lowest BCUT2D eigenvalue weighted by Crippen LogP contribution is -2.43. The normalized spacial score (nSPS) is 19.6. The van der Waals surface area contributed by atoms with Crippen molar-refractivity contribution in [1.82, 2.24) is 5.32 Å². The summed E-state index contributed by atoms with van der Waals surface area (Å²) in [4.78, 5) is 12.6. The van der Waals surface area contributed by atoms with Crippen LogP contribution in [0.1, 0.15) is 15.9 Å². The molecule has 3 rings (SSSR count). The molecule has 1 fully saturated rings. The van der Waals surface area contributed by atoms with Crippen molar-refractivity contribution in [3.8, 4) is 5.75 Å². The van der Waals surface area contributed by atoms with Crippen molar-refractivity contribution in [1.29, 1.82) is 0 Å². The lowest BCUT2D eigenvalue weighted by molar-refractivity contribution is 0.0684. The molecule has 0 aliphatic carbocycles. The van der Waals surface area contributed by atoms with Crippen LogP contribution in [0, 0.1) is 0 Å². The standard InChI is InChI=1S/C20H23NO4/c1-23-19-14-24-13-17(19)21-20(22)16-9-5-6-10-18(16)25-12-11-15-7-3-2-4-8-15/h2-10,17,19H,11-14H2,1H3,(H,21,22)/t17-,19-/m0/s1. The molecule has 1 aliphatic heterocycles. The molecule has 2 aromatic carbocycles. The van der Waals surface area contributed by atoms with E-state index in [0.29, 0.717) is 31.1 Å². The van der Waals surface area contributed by atoms with Gasteiger partial charge in [0.2, 0.25) is 0 Å². The number of carbonyl (C=O) groups is 1. The lowest BCUT2D eigenvalue weighted by atomic mass is 10.1. The third kappa shape index (κ3) is 4.59. The number of hydrogen-bond acceptors (Lipinski definition) is 4. The molecule has 0 radical (unpaired) electrons. The second-order valence-corrected chi connectivity index (χ2v) is 5.97. The Morgan fingerprint density at radius 1 is 1.12 bits per heavy atom. The summed E-state index contributed by atoms with van der Waals surface area (Å²) in [5.74, 6) is 0.414. The van der Waals surface area contributed by atoms with Crippen LogP contribution in [0.2, 0.25) is 0 Å². The van der Waals surface area contributed by atoms with Crippen molar-refractivity contribution in [2.75, 3.05) is 26.9 Å². The fraction of sp³-hybridized carbons (Fsp3) is 0.350. The highest BCUT2D eigenvalue weighted by atomic mass is 16.5. The fourth-order valence-electron chi connectivity index (χ4n) is 2.85. The molecule has 1 amide bonds. The smallest absolute Gasteiger partial charge is 0.255 e. The van der Waals surface area contributed by atoms with E-state index in [1.54, 1.807) is 13.2 Å². The minimum Gasteiger partial charge on any atom is -0.492 e. The number of benzene rings is 2. The monoisotopic (exact) mass is 341 g/mol. The van der Waals surface area contributed by atoms with Crippen molar-refractivity contribution in [2.45, 2.75) is 18.6 Å². The van der Waals surface area contributed by atoms with E-state index in [2.05, 4.69) is 17.4 Å². The maximum atomic E-state index is 12.6. The van der Waals surface area contributed by atoms with Crippen LogP contribution in [0.25, 0.3) is 0 Å². The Bertz CT molecular complexity index is 689. The van der Waals surface area contributed by atoms with Crippen LogP contribution in [-0.2, 0) is 15.9 Å². The van der Waals surface area contributed by atoms with Gasteiger partial charge < -0.3 is 19.5 Å². The van der Waals surface area contributed by atoms with Gasteiger partial charge in [-0.25, -0.2) is 0 Å². The SMILES string of the molecule is CO[C@H]1COC[C@@H]1NC(=O)c1ccccc1OCCc1ccccc1. The van der Waals surface area contributed by atoms with Gasteiger partial charge in [0.05, 0.1) is 31.4 Å². The van der Waals surface area contributed by atoms with E-state index in [1.165, 1.54) is 5.56 Å². The van der Waals surface area contributed by atoms with Crippen LogP contribution in [-0.4, -0.2) is 45.0 Å². The van der Waals surface area contributed by atoms with Crippen LogP contribution in [0.4, 0.5) is 0 Å². The number of carbonyl (C=O) groups excluding carboxylic acids is 1. The van der Waals surface area contributed by atoms with Crippen LogP contribution < -0.4 is 10.1 Å². The molecule has 1 aliphatic rings. The molecule has 0 spiro atoms. The van der Waals surface area contributed by atoms with E-state index in [9.17, 15) is 4.79 Å². The average molecular weight is 341 g/mol. The Morgan fingerprint density at radius 3 is 2.68 bits per heavy atom. The molecule has 5 nitrogen and oxygen atoms in total. The Labute approximate surface area is 147 Å². The summed E-state index contributed by atoms with van der Waals surface area (Å²) in [6, 6.07) is 17.3. The number of ether oxygens (including phenoxy) is 3. The number of methoxy groups -OCH3 is 1. The van der Waals surface area contributed by atoms with Crippen LogP contribution in [0.15, 0.2) is 54.6 Å². The van der Waals surface area contributed by atoms with Crippen molar-refractivity contribution in [2.24, 2.45) is 0 Å². The van der Waals surface area contributed by atoms with Crippen LogP contribution >= 0.6 is 0 Å². The molecule has 1 heterocycles. The zero-order chi connectivity index (χ0) is 17.5. The predicted octanol–water partition coefficient (Wildman–Crippen LogP) is 2.45. The summed E-state index contributed by atoms with van der Waals surface area (Å²) in [5, 5.41) is 2.98. The van der Waals surface area contributed by atoms with Gasteiger partial charge in [-0.15, -0.1) is 0 Å². The van der Waals surface area contributed by atoms with Crippen LogP contribution in [0.5, 0.6) is 5.75 Å². The van der Waals surface area contributed by atoms with Crippen molar-refractivity contribution < 1.29 is 19.0 Å². The van der Waals surface area contributed by atoms with E-state index in [0.717, 1.165) is 6.42 Å². The van der Waals surface area contributed by atoms with Crippen LogP contribution in [0.3, 0.4) is 0 Å². The molecular weight excluding hydrogens is 318 g/mol. The maximum absolute atomic E-state index is 12.6. The van der Waals surface area contributed by atoms with E-state index >= 15 is 0 Å². The minimum absolute atomic E-state index is 0.116. The highest BCUT2D eigenvalue weighted by Crippen LogP contribution is 2.19. The topological polar surface area (TPSA) is 56.8 Å². The predicted molar refractivity (Wildman–Crippen MR) is 95.0 cm³/mol. The molecule has 132 valence electrons. The zero-order valence-electron chi connectivity index (χ0n) is 14.3. The second-order valence-electron chi connectivity index (χ2n) is 5.97. The first-order chi connectivity index (χ1) is 12.3. The average Bonchev–Trinajstić information content (AvgIpc) is 3.10. The summed E-state index contributed by atoms with van der Waals surface area (Å²) in [5.41, 5.74) is 1.73. The van der Waals surface area contributed by atoms with Gasteiger partial charge in [-0.2, -0.15) is 0 Å². The van der Waals surface area contributed by atoms with E-state index in [1.807, 2.05) is 36.4 Å². The quantitative estimate of drug-likeness (QED) is 0.840. The number of para-hydroxylation sites is 1. The zero-order valence-corrected chi connectivity index (χ0v) is 14.3. The molecule has 0 bridgehead atoms. The molecule has 0 aromatic heterocycles. The number of rotatable bonds is 7. The van der Waals surface area contributed by atoms with Crippen molar-refractivity contribution >= 4 is 5.91 Å². The molecule has 1 saturated heterocycles. The van der Waals surface area contributed by atoms with Gasteiger partial charge in [-0.05, 0) is 17.7 Å². The van der Waals surface area contributed by atoms with Gasteiger partial charge in [-0.1, -0.05) is 42.5 Å². The highest BCUT2D eigenvalue weighted by Gasteiger charge is 2.30. The molecule has 1 N–H and O–H groups in total. The molecule has 0 saturated carbocycles. The minimum atomic E-state index is -0.173. The fourth-order valence-corrected chi connectivity index (χ4v) is 2.85.